The van der Waals surface area contributed by atoms with Gasteiger partial charge in [0.25, 0.3) is 0 Å². The molecule has 2 N–H and O–H groups in total. The summed E-state index contributed by atoms with van der Waals surface area (Å²) in [4.78, 5) is 0. The van der Waals surface area contributed by atoms with Crippen molar-refractivity contribution >= 4 is 0 Å². The van der Waals surface area contributed by atoms with Crippen LogP contribution in [0.2, 0.25) is 0 Å². The number of piperidine rings is 1. The van der Waals surface area contributed by atoms with Crippen LogP contribution in [0.25, 0.3) is 0 Å². The second-order valence-corrected chi connectivity index (χ2v) is 7.59. The van der Waals surface area contributed by atoms with Crippen molar-refractivity contribution in [1.82, 2.24) is 10.6 Å². The van der Waals surface area contributed by atoms with Crippen LogP contribution in [0, 0.1) is 0 Å². The maximum Gasteiger partial charge on any atom is 0.0951 e. The largest absolute Gasteiger partial charge is 0.377 e. The molecule has 1 fully saturated rings. The zero-order chi connectivity index (χ0) is 19.9. The molecule has 0 saturated carbocycles. The van der Waals surface area contributed by atoms with Gasteiger partial charge in [0.2, 0.25) is 0 Å². The summed E-state index contributed by atoms with van der Waals surface area (Å²) < 4.78 is 6.15. The Labute approximate surface area is 174 Å². The van der Waals surface area contributed by atoms with Crippen LogP contribution in [-0.2, 0) is 10.3 Å². The van der Waals surface area contributed by atoms with E-state index in [0.717, 1.165) is 26.1 Å². The molecule has 2 atom stereocenters. The lowest BCUT2D eigenvalue weighted by molar-refractivity contribution is 0.0123. The van der Waals surface area contributed by atoms with Gasteiger partial charge >= 0.3 is 0 Å². The van der Waals surface area contributed by atoms with Crippen molar-refractivity contribution in [2.75, 3.05) is 19.7 Å². The molecule has 3 heteroatoms. The quantitative estimate of drug-likeness (QED) is 0.593. The topological polar surface area (TPSA) is 33.3 Å². The molecule has 0 bridgehead atoms. The van der Waals surface area contributed by atoms with Gasteiger partial charge in [-0.2, -0.15) is 0 Å². The number of hydrogen-bond donors (Lipinski definition) is 2. The first kappa shape index (κ1) is 19.8. The molecular weight excluding hydrogens is 356 g/mol. The van der Waals surface area contributed by atoms with Crippen molar-refractivity contribution in [3.8, 4) is 0 Å². The number of benzene rings is 3. The van der Waals surface area contributed by atoms with E-state index >= 15 is 0 Å². The fraction of sp³-hybridized carbons (Fsp3) is 0.308. The molecule has 3 aromatic rings. The Morgan fingerprint density at radius 2 is 1.31 bits per heavy atom. The minimum atomic E-state index is -0.456. The lowest BCUT2D eigenvalue weighted by Crippen LogP contribution is -2.60. The first-order valence-corrected chi connectivity index (χ1v) is 10.6. The predicted octanol–water partition coefficient (Wildman–Crippen LogP) is 4.34. The van der Waals surface area contributed by atoms with Crippen LogP contribution in [0.5, 0.6) is 0 Å². The molecule has 1 aliphatic heterocycles. The Morgan fingerprint density at radius 1 is 0.828 bits per heavy atom. The highest BCUT2D eigenvalue weighted by molar-refractivity contribution is 5.49. The third-order valence-electron chi connectivity index (χ3n) is 5.82. The summed E-state index contributed by atoms with van der Waals surface area (Å²) in [5.41, 5.74) is 3.25. The molecule has 150 valence electrons. The summed E-state index contributed by atoms with van der Waals surface area (Å²) in [6.07, 6.45) is 1.21. The van der Waals surface area contributed by atoms with Gasteiger partial charge in [-0.3, -0.25) is 5.32 Å². The monoisotopic (exact) mass is 386 g/mol. The van der Waals surface area contributed by atoms with Crippen LogP contribution in [0.3, 0.4) is 0 Å². The lowest BCUT2D eigenvalue weighted by atomic mass is 9.76. The average Bonchev–Trinajstić information content (AvgIpc) is 2.80. The molecule has 29 heavy (non-hydrogen) atoms. The van der Waals surface area contributed by atoms with Crippen LogP contribution < -0.4 is 10.6 Å². The average molecular weight is 387 g/mol. The van der Waals surface area contributed by atoms with Gasteiger partial charge in [0.15, 0.2) is 0 Å². The summed E-state index contributed by atoms with van der Waals surface area (Å²) in [5.74, 6) is 0. The van der Waals surface area contributed by atoms with Gasteiger partial charge in [-0.25, -0.2) is 0 Å². The summed E-state index contributed by atoms with van der Waals surface area (Å²) in [6, 6.07) is 32.5. The molecule has 0 amide bonds. The Morgan fingerprint density at radius 3 is 1.76 bits per heavy atom. The molecule has 3 aromatic carbocycles. The van der Waals surface area contributed by atoms with E-state index in [1.165, 1.54) is 16.7 Å². The summed E-state index contributed by atoms with van der Waals surface area (Å²) in [7, 11) is 0. The summed E-state index contributed by atoms with van der Waals surface area (Å²) in [5, 5.41) is 7.62. The molecule has 0 spiro atoms. The highest BCUT2D eigenvalue weighted by Crippen LogP contribution is 2.37. The number of nitrogens with one attached hydrogen (secondary N) is 2. The molecule has 3 nitrogen and oxygen atoms in total. The molecule has 1 heterocycles. The first-order chi connectivity index (χ1) is 14.3. The van der Waals surface area contributed by atoms with Crippen molar-refractivity contribution in [1.29, 1.82) is 0 Å². The zero-order valence-electron chi connectivity index (χ0n) is 17.1. The fourth-order valence-corrected chi connectivity index (χ4v) is 4.48. The molecular formula is C26H30N2O. The normalized spacial score (nSPS) is 19.8. The van der Waals surface area contributed by atoms with Crippen molar-refractivity contribution in [3.05, 3.63) is 108 Å². The van der Waals surface area contributed by atoms with Crippen molar-refractivity contribution < 1.29 is 4.74 Å². The summed E-state index contributed by atoms with van der Waals surface area (Å²) in [6.45, 7) is 4.70. The van der Waals surface area contributed by atoms with Crippen molar-refractivity contribution in [2.24, 2.45) is 0 Å². The second-order valence-electron chi connectivity index (χ2n) is 7.59. The minimum Gasteiger partial charge on any atom is -0.377 e. The van der Waals surface area contributed by atoms with Gasteiger partial charge in [-0.15, -0.1) is 0 Å². The summed E-state index contributed by atoms with van der Waals surface area (Å²) >= 11 is 0. The maximum absolute atomic E-state index is 6.15. The number of hydrogen-bond acceptors (Lipinski definition) is 3. The third kappa shape index (κ3) is 4.13. The van der Waals surface area contributed by atoms with E-state index in [0.29, 0.717) is 0 Å². The van der Waals surface area contributed by atoms with Gasteiger partial charge in [-0.05, 0) is 36.6 Å². The smallest absolute Gasteiger partial charge is 0.0951 e. The highest BCUT2D eigenvalue weighted by atomic mass is 16.5. The standard InChI is InChI=1S/C26H30N2O/c1-2-29-25-18-19-27-20-24(25)28-26(21-12-6-3-7-13-21,22-14-8-4-9-15-22)23-16-10-5-11-17-23/h3-17,24-25,27-28H,2,18-20H2,1H3. The van der Waals surface area contributed by atoms with Gasteiger partial charge in [-0.1, -0.05) is 91.0 Å². The van der Waals surface area contributed by atoms with E-state index in [-0.39, 0.29) is 12.1 Å². The first-order valence-electron chi connectivity index (χ1n) is 10.6. The molecule has 0 aromatic heterocycles. The van der Waals surface area contributed by atoms with E-state index in [4.69, 9.17) is 4.74 Å². The van der Waals surface area contributed by atoms with Crippen molar-refractivity contribution in [3.63, 3.8) is 0 Å². The SMILES string of the molecule is CCOC1CCNCC1NC(c1ccccc1)(c1ccccc1)c1ccccc1. The lowest BCUT2D eigenvalue weighted by Gasteiger charge is -2.43. The van der Waals surface area contributed by atoms with E-state index in [1.807, 2.05) is 0 Å². The zero-order valence-corrected chi connectivity index (χ0v) is 17.1. The van der Waals surface area contributed by atoms with Crippen LogP contribution in [0.1, 0.15) is 30.0 Å². The van der Waals surface area contributed by atoms with E-state index in [2.05, 4.69) is 109 Å². The molecule has 0 radical (unpaired) electrons. The number of ether oxygens (including phenoxy) is 1. The Hall–Kier alpha value is -2.46. The highest BCUT2D eigenvalue weighted by Gasteiger charge is 2.40. The maximum atomic E-state index is 6.15. The predicted molar refractivity (Wildman–Crippen MR) is 119 cm³/mol. The van der Waals surface area contributed by atoms with Crippen LogP contribution >= 0.6 is 0 Å². The Bertz CT molecular complexity index is 768. The molecule has 1 aliphatic rings. The molecule has 4 rings (SSSR count). The van der Waals surface area contributed by atoms with Crippen LogP contribution in [0.4, 0.5) is 0 Å². The molecule has 0 aliphatic carbocycles. The van der Waals surface area contributed by atoms with E-state index in [9.17, 15) is 0 Å². The van der Waals surface area contributed by atoms with E-state index in [1.54, 1.807) is 0 Å². The number of rotatable bonds is 7. The van der Waals surface area contributed by atoms with Gasteiger partial charge in [0.1, 0.15) is 0 Å². The molecule has 1 saturated heterocycles. The second kappa shape index (κ2) is 9.36. The Balaban J connectivity index is 1.88. The van der Waals surface area contributed by atoms with Gasteiger partial charge in [0.05, 0.1) is 11.6 Å². The van der Waals surface area contributed by atoms with Crippen LogP contribution in [0.15, 0.2) is 91.0 Å². The van der Waals surface area contributed by atoms with Gasteiger partial charge < -0.3 is 10.1 Å². The minimum absolute atomic E-state index is 0.191. The Kier molecular flexibility index (Phi) is 6.40. The van der Waals surface area contributed by atoms with Crippen LogP contribution in [-0.4, -0.2) is 31.8 Å². The van der Waals surface area contributed by atoms with Crippen molar-refractivity contribution in [2.45, 2.75) is 31.0 Å². The fourth-order valence-electron chi connectivity index (χ4n) is 4.48. The van der Waals surface area contributed by atoms with E-state index < -0.39 is 5.54 Å². The third-order valence-corrected chi connectivity index (χ3v) is 5.82. The molecule has 2 unspecified atom stereocenters. The van der Waals surface area contributed by atoms with Gasteiger partial charge in [0, 0.05) is 19.2 Å².